The highest BCUT2D eigenvalue weighted by Gasteiger charge is 2.21. The molecule has 2 heterocycles. The smallest absolute Gasteiger partial charge is 0.133 e. The first-order chi connectivity index (χ1) is 11.7. The van der Waals surface area contributed by atoms with Gasteiger partial charge in [-0.25, -0.2) is 4.68 Å². The van der Waals surface area contributed by atoms with Gasteiger partial charge < -0.3 is 5.32 Å². The standard InChI is InChI=1S/C19H17ClIN3/c20-14-6-10-16(11-7-14)24-19-17(3-1-2-12-22-19)18(23-24)13-4-8-15(21)9-5-13/h4-11,22H,1-3,12H2. The van der Waals surface area contributed by atoms with Crippen LogP contribution in [0.5, 0.6) is 0 Å². The predicted molar refractivity (Wildman–Crippen MR) is 108 cm³/mol. The molecule has 3 aromatic rings. The molecule has 0 saturated carbocycles. The maximum atomic E-state index is 6.04. The fourth-order valence-corrected chi connectivity index (χ4v) is 3.60. The van der Waals surface area contributed by atoms with Crippen molar-refractivity contribution in [3.8, 4) is 16.9 Å². The van der Waals surface area contributed by atoms with Gasteiger partial charge in [-0.3, -0.25) is 0 Å². The normalized spacial score (nSPS) is 13.9. The van der Waals surface area contributed by atoms with Gasteiger partial charge in [-0.1, -0.05) is 23.7 Å². The molecule has 122 valence electrons. The Balaban J connectivity index is 1.88. The lowest BCUT2D eigenvalue weighted by molar-refractivity contribution is 0.780. The zero-order valence-electron chi connectivity index (χ0n) is 13.1. The minimum absolute atomic E-state index is 0.739. The predicted octanol–water partition coefficient (Wildman–Crippen LogP) is 5.55. The molecule has 4 rings (SSSR count). The van der Waals surface area contributed by atoms with Crippen LogP contribution in [0.2, 0.25) is 5.02 Å². The van der Waals surface area contributed by atoms with E-state index in [1.54, 1.807) is 0 Å². The third kappa shape index (κ3) is 3.05. The van der Waals surface area contributed by atoms with Crippen LogP contribution in [0.15, 0.2) is 48.5 Å². The summed E-state index contributed by atoms with van der Waals surface area (Å²) in [5.41, 5.74) is 4.58. The number of nitrogens with one attached hydrogen (secondary N) is 1. The van der Waals surface area contributed by atoms with Gasteiger partial charge in [0.25, 0.3) is 0 Å². The second kappa shape index (κ2) is 6.76. The maximum Gasteiger partial charge on any atom is 0.133 e. The Labute approximate surface area is 160 Å². The van der Waals surface area contributed by atoms with Crippen molar-refractivity contribution < 1.29 is 0 Å². The molecule has 1 aliphatic heterocycles. The van der Waals surface area contributed by atoms with E-state index in [4.69, 9.17) is 16.7 Å². The summed E-state index contributed by atoms with van der Waals surface area (Å²) in [6.07, 6.45) is 3.42. The van der Waals surface area contributed by atoms with Gasteiger partial charge in [-0.15, -0.1) is 0 Å². The molecule has 0 radical (unpaired) electrons. The highest BCUT2D eigenvalue weighted by molar-refractivity contribution is 14.1. The van der Waals surface area contributed by atoms with Crippen molar-refractivity contribution in [2.24, 2.45) is 0 Å². The molecule has 0 atom stereocenters. The van der Waals surface area contributed by atoms with Gasteiger partial charge >= 0.3 is 0 Å². The molecule has 0 amide bonds. The van der Waals surface area contributed by atoms with Crippen molar-refractivity contribution in [3.05, 3.63) is 62.7 Å². The summed E-state index contributed by atoms with van der Waals surface area (Å²) in [6.45, 7) is 0.985. The number of aromatic nitrogens is 2. The zero-order chi connectivity index (χ0) is 16.5. The number of nitrogens with zero attached hydrogens (tertiary/aromatic N) is 2. The molecule has 0 bridgehead atoms. The first-order valence-corrected chi connectivity index (χ1v) is 9.56. The summed E-state index contributed by atoms with van der Waals surface area (Å²) in [5, 5.41) is 9.26. The second-order valence-electron chi connectivity index (χ2n) is 5.95. The SMILES string of the molecule is Clc1ccc(-n2nc(-c3ccc(I)cc3)c3c2NCCCC3)cc1. The van der Waals surface area contributed by atoms with Crippen LogP contribution in [0.25, 0.3) is 16.9 Å². The monoisotopic (exact) mass is 449 g/mol. The highest BCUT2D eigenvalue weighted by atomic mass is 127. The highest BCUT2D eigenvalue weighted by Crippen LogP contribution is 2.34. The number of fused-ring (bicyclic) bond motifs is 1. The Hall–Kier alpha value is -1.53. The molecule has 0 saturated heterocycles. The molecule has 3 nitrogen and oxygen atoms in total. The zero-order valence-corrected chi connectivity index (χ0v) is 16.0. The quantitative estimate of drug-likeness (QED) is 0.520. The molecule has 0 spiro atoms. The van der Waals surface area contributed by atoms with E-state index in [1.807, 2.05) is 28.9 Å². The van der Waals surface area contributed by atoms with Crippen molar-refractivity contribution in [2.75, 3.05) is 11.9 Å². The molecule has 24 heavy (non-hydrogen) atoms. The van der Waals surface area contributed by atoms with Crippen LogP contribution >= 0.6 is 34.2 Å². The van der Waals surface area contributed by atoms with Crippen molar-refractivity contribution in [1.29, 1.82) is 0 Å². The third-order valence-corrected chi connectivity index (χ3v) is 5.29. The number of anilines is 1. The minimum atomic E-state index is 0.739. The van der Waals surface area contributed by atoms with E-state index in [0.29, 0.717) is 0 Å². The third-order valence-electron chi connectivity index (χ3n) is 4.32. The average molecular weight is 450 g/mol. The number of halogens is 2. The Bertz CT molecular complexity index is 784. The summed E-state index contributed by atoms with van der Waals surface area (Å²) in [4.78, 5) is 0. The number of hydrogen-bond donors (Lipinski definition) is 1. The van der Waals surface area contributed by atoms with Crippen molar-refractivity contribution in [3.63, 3.8) is 0 Å². The molecule has 5 heteroatoms. The van der Waals surface area contributed by atoms with Crippen LogP contribution < -0.4 is 5.32 Å². The van der Waals surface area contributed by atoms with E-state index >= 15 is 0 Å². The first-order valence-electron chi connectivity index (χ1n) is 8.10. The van der Waals surface area contributed by atoms with Gasteiger partial charge in [0.15, 0.2) is 0 Å². The molecule has 1 N–H and O–H groups in total. The Morgan fingerprint density at radius 3 is 2.50 bits per heavy atom. The van der Waals surface area contributed by atoms with Crippen molar-refractivity contribution in [2.45, 2.75) is 19.3 Å². The lowest BCUT2D eigenvalue weighted by Gasteiger charge is -2.09. The number of rotatable bonds is 2. The summed E-state index contributed by atoms with van der Waals surface area (Å²) in [5.74, 6) is 1.11. The summed E-state index contributed by atoms with van der Waals surface area (Å²) < 4.78 is 3.25. The van der Waals surface area contributed by atoms with E-state index in [9.17, 15) is 0 Å². The Morgan fingerprint density at radius 1 is 1.00 bits per heavy atom. The van der Waals surface area contributed by atoms with E-state index < -0.39 is 0 Å². The molecular formula is C19H17ClIN3. The minimum Gasteiger partial charge on any atom is -0.370 e. The van der Waals surface area contributed by atoms with E-state index in [2.05, 4.69) is 52.2 Å². The van der Waals surface area contributed by atoms with E-state index in [1.165, 1.54) is 27.5 Å². The van der Waals surface area contributed by atoms with Gasteiger partial charge in [0.05, 0.1) is 11.4 Å². The Kier molecular flexibility index (Phi) is 4.50. The van der Waals surface area contributed by atoms with Crippen LogP contribution in [0.4, 0.5) is 5.82 Å². The fraction of sp³-hybridized carbons (Fsp3) is 0.211. The lowest BCUT2D eigenvalue weighted by atomic mass is 10.0. The molecule has 0 unspecified atom stereocenters. The van der Waals surface area contributed by atoms with Crippen LogP contribution in [0.3, 0.4) is 0 Å². The largest absolute Gasteiger partial charge is 0.370 e. The molecule has 1 aliphatic rings. The van der Waals surface area contributed by atoms with Gasteiger partial charge in [-0.05, 0) is 78.3 Å². The molecule has 0 fully saturated rings. The molecule has 0 aliphatic carbocycles. The van der Waals surface area contributed by atoms with E-state index in [0.717, 1.165) is 35.2 Å². The van der Waals surface area contributed by atoms with Gasteiger partial charge in [-0.2, -0.15) is 5.10 Å². The summed E-state index contributed by atoms with van der Waals surface area (Å²) in [6, 6.07) is 16.4. The maximum absolute atomic E-state index is 6.04. The first kappa shape index (κ1) is 16.0. The average Bonchev–Trinajstić information content (AvgIpc) is 2.78. The number of hydrogen-bond acceptors (Lipinski definition) is 2. The fourth-order valence-electron chi connectivity index (χ4n) is 3.11. The molecule has 2 aromatic carbocycles. The molecule has 1 aromatic heterocycles. The lowest BCUT2D eigenvalue weighted by Crippen LogP contribution is -2.07. The summed E-state index contributed by atoms with van der Waals surface area (Å²) >= 11 is 8.37. The van der Waals surface area contributed by atoms with Crippen molar-refractivity contribution >= 4 is 40.0 Å². The van der Waals surface area contributed by atoms with Crippen LogP contribution in [-0.4, -0.2) is 16.3 Å². The number of benzene rings is 2. The van der Waals surface area contributed by atoms with Crippen LogP contribution in [-0.2, 0) is 6.42 Å². The van der Waals surface area contributed by atoms with E-state index in [-0.39, 0.29) is 0 Å². The Morgan fingerprint density at radius 2 is 1.75 bits per heavy atom. The topological polar surface area (TPSA) is 29.9 Å². The van der Waals surface area contributed by atoms with Gasteiger partial charge in [0.2, 0.25) is 0 Å². The van der Waals surface area contributed by atoms with Crippen LogP contribution in [0.1, 0.15) is 18.4 Å². The molecular weight excluding hydrogens is 433 g/mol. The van der Waals surface area contributed by atoms with Crippen LogP contribution in [0, 0.1) is 3.57 Å². The second-order valence-corrected chi connectivity index (χ2v) is 7.64. The van der Waals surface area contributed by atoms with Gasteiger partial charge in [0, 0.05) is 26.3 Å². The summed E-state index contributed by atoms with van der Waals surface area (Å²) in [7, 11) is 0. The van der Waals surface area contributed by atoms with Gasteiger partial charge in [0.1, 0.15) is 5.82 Å². The van der Waals surface area contributed by atoms with Crippen molar-refractivity contribution in [1.82, 2.24) is 9.78 Å².